The first-order valence-corrected chi connectivity index (χ1v) is 5.45. The molecule has 0 aliphatic carbocycles. The summed E-state index contributed by atoms with van der Waals surface area (Å²) in [6.45, 7) is 2.11. The van der Waals surface area contributed by atoms with Crippen LogP contribution in [0.25, 0.3) is 0 Å². The van der Waals surface area contributed by atoms with E-state index in [1.165, 1.54) is 0 Å². The van der Waals surface area contributed by atoms with Crippen molar-refractivity contribution in [3.05, 3.63) is 0 Å². The second kappa shape index (κ2) is 4.55. The van der Waals surface area contributed by atoms with E-state index in [1.807, 2.05) is 11.8 Å². The van der Waals surface area contributed by atoms with Crippen LogP contribution in [0.15, 0.2) is 0 Å². The molecule has 0 spiro atoms. The molecule has 1 nitrogen and oxygen atoms in total. The zero-order valence-electron chi connectivity index (χ0n) is 7.53. The Bertz CT molecular complexity index is 160. The summed E-state index contributed by atoms with van der Waals surface area (Å²) in [5, 5.41) is 3.40. The van der Waals surface area contributed by atoms with E-state index >= 15 is 0 Å². The average Bonchev–Trinajstić information content (AvgIpc) is 2.34. The predicted octanol–water partition coefficient (Wildman–Crippen LogP) is 2.42. The Labute approximate surface area is 80.5 Å². The molecule has 1 aliphatic heterocycles. The highest BCUT2D eigenvalue weighted by molar-refractivity contribution is 8.00. The molecule has 2 atom stereocenters. The minimum absolute atomic E-state index is 0.0546. The van der Waals surface area contributed by atoms with Gasteiger partial charge in [-0.3, -0.25) is 0 Å². The van der Waals surface area contributed by atoms with Crippen molar-refractivity contribution in [2.75, 3.05) is 12.3 Å². The van der Waals surface area contributed by atoms with Crippen LogP contribution in [0.2, 0.25) is 0 Å². The van der Waals surface area contributed by atoms with E-state index < -0.39 is 12.6 Å². The molecule has 78 valence electrons. The quantitative estimate of drug-likeness (QED) is 0.772. The van der Waals surface area contributed by atoms with Gasteiger partial charge in [-0.15, -0.1) is 0 Å². The second-order valence-electron chi connectivity index (χ2n) is 3.29. The molecule has 1 N–H and O–H groups in total. The molecular formula is C8H14F3NS. The number of nitrogens with one attached hydrogen (secondary N) is 1. The van der Waals surface area contributed by atoms with E-state index in [2.05, 4.69) is 12.2 Å². The van der Waals surface area contributed by atoms with Crippen molar-refractivity contribution in [2.24, 2.45) is 0 Å². The summed E-state index contributed by atoms with van der Waals surface area (Å²) in [6, 6.07) is 0.271. The van der Waals surface area contributed by atoms with E-state index in [0.717, 1.165) is 12.2 Å². The van der Waals surface area contributed by atoms with Crippen molar-refractivity contribution in [2.45, 2.75) is 37.2 Å². The van der Waals surface area contributed by atoms with Crippen molar-refractivity contribution in [3.63, 3.8) is 0 Å². The minimum Gasteiger partial charge on any atom is -0.313 e. The lowest BCUT2D eigenvalue weighted by atomic mass is 10.2. The van der Waals surface area contributed by atoms with Crippen molar-refractivity contribution in [3.8, 4) is 0 Å². The van der Waals surface area contributed by atoms with Gasteiger partial charge in [0.1, 0.15) is 0 Å². The molecular weight excluding hydrogens is 199 g/mol. The minimum atomic E-state index is -4.03. The van der Waals surface area contributed by atoms with Crippen molar-refractivity contribution >= 4 is 11.8 Å². The summed E-state index contributed by atoms with van der Waals surface area (Å²) in [7, 11) is 0. The largest absolute Gasteiger partial charge is 0.390 e. The molecule has 0 radical (unpaired) electrons. The van der Waals surface area contributed by atoms with Gasteiger partial charge in [0.2, 0.25) is 0 Å². The number of halogens is 3. The average molecular weight is 213 g/mol. The predicted molar refractivity (Wildman–Crippen MR) is 49.0 cm³/mol. The number of hydrogen-bond donors (Lipinski definition) is 1. The van der Waals surface area contributed by atoms with E-state index in [1.54, 1.807) is 0 Å². The molecule has 1 fully saturated rings. The fraction of sp³-hybridized carbons (Fsp3) is 1.00. The van der Waals surface area contributed by atoms with E-state index in [0.29, 0.717) is 5.25 Å². The molecule has 0 aromatic carbocycles. The number of rotatable bonds is 3. The summed E-state index contributed by atoms with van der Waals surface area (Å²) in [5.74, 6) is 1.06. The van der Waals surface area contributed by atoms with Crippen LogP contribution in [0.4, 0.5) is 13.2 Å². The third-order valence-corrected chi connectivity index (χ3v) is 3.52. The first-order valence-electron chi connectivity index (χ1n) is 4.41. The van der Waals surface area contributed by atoms with Crippen LogP contribution in [0, 0.1) is 0 Å². The normalized spacial score (nSPS) is 29.5. The molecule has 1 aliphatic rings. The molecule has 1 rings (SSSR count). The SMILES string of the molecule is CC1SCCC1NCCC(F)(F)F. The van der Waals surface area contributed by atoms with Crippen LogP contribution in [0.1, 0.15) is 19.8 Å². The van der Waals surface area contributed by atoms with Crippen molar-refractivity contribution in [1.29, 1.82) is 0 Å². The van der Waals surface area contributed by atoms with Gasteiger partial charge in [-0.05, 0) is 12.2 Å². The molecule has 0 amide bonds. The van der Waals surface area contributed by atoms with Crippen LogP contribution in [0.3, 0.4) is 0 Å². The Morgan fingerprint density at radius 1 is 1.46 bits per heavy atom. The van der Waals surface area contributed by atoms with Gasteiger partial charge >= 0.3 is 6.18 Å². The lowest BCUT2D eigenvalue weighted by Gasteiger charge is -2.16. The first-order chi connectivity index (χ1) is 5.99. The first kappa shape index (κ1) is 11.2. The Morgan fingerprint density at radius 2 is 2.15 bits per heavy atom. The third-order valence-electron chi connectivity index (χ3n) is 2.19. The maximum atomic E-state index is 11.8. The van der Waals surface area contributed by atoms with Gasteiger partial charge < -0.3 is 5.32 Å². The molecule has 0 aromatic heterocycles. The van der Waals surface area contributed by atoms with Crippen LogP contribution >= 0.6 is 11.8 Å². The van der Waals surface area contributed by atoms with Gasteiger partial charge in [-0.1, -0.05) is 6.92 Å². The maximum absolute atomic E-state index is 11.8. The molecule has 13 heavy (non-hydrogen) atoms. The van der Waals surface area contributed by atoms with Crippen LogP contribution in [-0.4, -0.2) is 29.8 Å². The topological polar surface area (TPSA) is 12.0 Å². The van der Waals surface area contributed by atoms with Crippen LogP contribution in [-0.2, 0) is 0 Å². The van der Waals surface area contributed by atoms with E-state index in [4.69, 9.17) is 0 Å². The van der Waals surface area contributed by atoms with Crippen molar-refractivity contribution < 1.29 is 13.2 Å². The van der Waals surface area contributed by atoms with Crippen molar-refractivity contribution in [1.82, 2.24) is 5.32 Å². The number of hydrogen-bond acceptors (Lipinski definition) is 2. The number of alkyl halides is 3. The molecule has 1 heterocycles. The summed E-state index contributed by atoms with van der Waals surface area (Å²) in [4.78, 5) is 0. The highest BCUT2D eigenvalue weighted by atomic mass is 32.2. The van der Waals surface area contributed by atoms with Crippen LogP contribution < -0.4 is 5.32 Å². The van der Waals surface area contributed by atoms with E-state index in [9.17, 15) is 13.2 Å². The molecule has 0 bridgehead atoms. The van der Waals surface area contributed by atoms with Gasteiger partial charge in [0, 0.05) is 17.8 Å². The Balaban J connectivity index is 2.12. The summed E-state index contributed by atoms with van der Waals surface area (Å²) in [6.07, 6.45) is -3.76. The zero-order valence-corrected chi connectivity index (χ0v) is 8.34. The van der Waals surface area contributed by atoms with E-state index in [-0.39, 0.29) is 12.6 Å². The zero-order chi connectivity index (χ0) is 9.90. The highest BCUT2D eigenvalue weighted by Gasteiger charge is 2.28. The van der Waals surface area contributed by atoms with Crippen LogP contribution in [0.5, 0.6) is 0 Å². The smallest absolute Gasteiger partial charge is 0.313 e. The van der Waals surface area contributed by atoms with Gasteiger partial charge in [-0.25, -0.2) is 0 Å². The third kappa shape index (κ3) is 4.22. The number of thioether (sulfide) groups is 1. The molecule has 0 aromatic rings. The second-order valence-corrected chi connectivity index (χ2v) is 4.78. The standard InChI is InChI=1S/C8H14F3NS/c1-6-7(2-5-13-6)12-4-3-8(9,10)11/h6-7,12H,2-5H2,1H3. The summed E-state index contributed by atoms with van der Waals surface area (Å²) < 4.78 is 35.3. The lowest BCUT2D eigenvalue weighted by Crippen LogP contribution is -2.35. The highest BCUT2D eigenvalue weighted by Crippen LogP contribution is 2.26. The lowest BCUT2D eigenvalue weighted by molar-refractivity contribution is -0.133. The maximum Gasteiger partial charge on any atom is 0.390 e. The van der Waals surface area contributed by atoms with Gasteiger partial charge in [-0.2, -0.15) is 24.9 Å². The van der Waals surface area contributed by atoms with Gasteiger partial charge in [0.15, 0.2) is 0 Å². The molecule has 1 saturated heterocycles. The monoisotopic (exact) mass is 213 g/mol. The molecule has 0 saturated carbocycles. The van der Waals surface area contributed by atoms with Gasteiger partial charge in [0.05, 0.1) is 6.42 Å². The Morgan fingerprint density at radius 3 is 2.62 bits per heavy atom. The Kier molecular flexibility index (Phi) is 3.91. The molecule has 5 heteroatoms. The Hall–Kier alpha value is 0.100. The summed E-state index contributed by atoms with van der Waals surface area (Å²) in [5.41, 5.74) is 0. The molecule has 2 unspecified atom stereocenters. The fourth-order valence-electron chi connectivity index (χ4n) is 1.40. The van der Waals surface area contributed by atoms with Gasteiger partial charge in [0.25, 0.3) is 0 Å². The summed E-state index contributed by atoms with van der Waals surface area (Å²) >= 11 is 1.82. The fourth-order valence-corrected chi connectivity index (χ4v) is 2.63.